The number of carbonyl (C=O) groups is 2. The Bertz CT molecular complexity index is 665. The molecule has 1 atom stereocenters. The Balaban J connectivity index is 2.13. The van der Waals surface area contributed by atoms with E-state index in [-0.39, 0.29) is 12.3 Å². The first-order valence-corrected chi connectivity index (χ1v) is 7.35. The molecule has 1 N–H and O–H groups in total. The molecule has 0 aliphatic heterocycles. The minimum atomic E-state index is -0.897. The third-order valence-electron chi connectivity index (χ3n) is 3.45. The van der Waals surface area contributed by atoms with Crippen molar-refractivity contribution in [3.63, 3.8) is 0 Å². The minimum Gasteiger partial charge on any atom is -0.481 e. The highest BCUT2D eigenvalue weighted by atomic mass is 35.5. The number of carboxylic acid groups (broad SMARTS) is 1. The Hall–Kier alpha value is -2.14. The first-order chi connectivity index (χ1) is 10.5. The van der Waals surface area contributed by atoms with Crippen molar-refractivity contribution in [3.05, 3.63) is 41.0 Å². The fourth-order valence-electron chi connectivity index (χ4n) is 2.19. The molecule has 1 aromatic heterocycles. The minimum absolute atomic E-state index is 0.0201. The van der Waals surface area contributed by atoms with Gasteiger partial charge in [-0.05, 0) is 31.5 Å². The van der Waals surface area contributed by atoms with E-state index in [0.717, 1.165) is 23.2 Å². The van der Waals surface area contributed by atoms with Gasteiger partial charge in [-0.3, -0.25) is 9.48 Å². The van der Waals surface area contributed by atoms with Crippen LogP contribution in [0.1, 0.15) is 18.5 Å². The average molecular weight is 321 g/mol. The molecule has 2 rings (SSSR count). The van der Waals surface area contributed by atoms with Crippen LogP contribution in [0.15, 0.2) is 30.3 Å². The van der Waals surface area contributed by atoms with Crippen LogP contribution in [0.5, 0.6) is 0 Å². The van der Waals surface area contributed by atoms with Gasteiger partial charge in [-0.2, -0.15) is 5.10 Å². The van der Waals surface area contributed by atoms with Crippen molar-refractivity contribution in [1.82, 2.24) is 9.78 Å². The molecule has 1 aromatic carbocycles. The molecule has 116 valence electrons. The van der Waals surface area contributed by atoms with E-state index >= 15 is 0 Å². The number of aryl methyl sites for hydroxylation is 1. The van der Waals surface area contributed by atoms with Gasteiger partial charge >= 0.3 is 5.97 Å². The normalized spacial score (nSPS) is 12.1. The molecule has 0 bridgehead atoms. The molecule has 0 aliphatic rings. The van der Waals surface area contributed by atoms with E-state index in [2.05, 4.69) is 5.10 Å². The molecule has 0 aliphatic carbocycles. The average Bonchev–Trinajstić information content (AvgIpc) is 2.85. The largest absolute Gasteiger partial charge is 0.481 e. The zero-order valence-electron chi connectivity index (χ0n) is 12.2. The van der Waals surface area contributed by atoms with Crippen molar-refractivity contribution >= 4 is 23.9 Å². The number of hydrogen-bond donors (Lipinski definition) is 1. The lowest BCUT2D eigenvalue weighted by molar-refractivity contribution is -0.137. The number of nitrogens with zero attached hydrogens (tertiary/aromatic N) is 2. The van der Waals surface area contributed by atoms with Gasteiger partial charge in [0.2, 0.25) is 0 Å². The number of aliphatic carboxylic acids is 1. The van der Waals surface area contributed by atoms with Crippen molar-refractivity contribution in [2.24, 2.45) is 5.92 Å². The van der Waals surface area contributed by atoms with Crippen LogP contribution in [0.3, 0.4) is 0 Å². The van der Waals surface area contributed by atoms with Gasteiger partial charge in [-0.25, -0.2) is 0 Å². The molecular formula is C16H17ClN2O3. The van der Waals surface area contributed by atoms with Gasteiger partial charge in [0.15, 0.2) is 0 Å². The van der Waals surface area contributed by atoms with Crippen molar-refractivity contribution in [3.8, 4) is 11.3 Å². The highest BCUT2D eigenvalue weighted by molar-refractivity contribution is 6.30. The van der Waals surface area contributed by atoms with Crippen molar-refractivity contribution < 1.29 is 14.7 Å². The summed E-state index contributed by atoms with van der Waals surface area (Å²) in [6.45, 7) is 2.29. The van der Waals surface area contributed by atoms with Crippen LogP contribution in [0.25, 0.3) is 11.3 Å². The van der Waals surface area contributed by atoms with E-state index < -0.39 is 5.97 Å². The monoisotopic (exact) mass is 320 g/mol. The van der Waals surface area contributed by atoms with Crippen LogP contribution >= 0.6 is 11.6 Å². The number of hydrogen-bond acceptors (Lipinski definition) is 3. The number of carboxylic acids is 1. The standard InChI is InChI=1S/C16H17ClN2O3/c1-11-8-15(13-3-5-14(17)6-4-13)18-19(11)9-12(10-20)2-7-16(21)22/h3-6,8,10,12H,2,7,9H2,1H3,(H,21,22). The maximum Gasteiger partial charge on any atom is 0.303 e. The van der Waals surface area contributed by atoms with Gasteiger partial charge in [0, 0.05) is 28.6 Å². The third-order valence-corrected chi connectivity index (χ3v) is 3.70. The van der Waals surface area contributed by atoms with Crippen LogP contribution in [-0.4, -0.2) is 27.1 Å². The molecular weight excluding hydrogens is 304 g/mol. The summed E-state index contributed by atoms with van der Waals surface area (Å²) < 4.78 is 1.74. The smallest absolute Gasteiger partial charge is 0.303 e. The highest BCUT2D eigenvalue weighted by Gasteiger charge is 2.14. The molecule has 0 saturated carbocycles. The summed E-state index contributed by atoms with van der Waals surface area (Å²) in [5, 5.41) is 13.9. The first kappa shape index (κ1) is 16.2. The second-order valence-corrected chi connectivity index (χ2v) is 5.62. The number of aromatic nitrogens is 2. The summed E-state index contributed by atoms with van der Waals surface area (Å²) in [5.74, 6) is -1.25. The van der Waals surface area contributed by atoms with Crippen molar-refractivity contribution in [2.75, 3.05) is 0 Å². The van der Waals surface area contributed by atoms with Crippen molar-refractivity contribution in [2.45, 2.75) is 26.3 Å². The maximum atomic E-state index is 11.1. The topological polar surface area (TPSA) is 72.2 Å². The van der Waals surface area contributed by atoms with Gasteiger partial charge < -0.3 is 9.90 Å². The zero-order chi connectivity index (χ0) is 16.1. The predicted molar refractivity (Wildman–Crippen MR) is 83.8 cm³/mol. The number of halogens is 1. The second kappa shape index (κ2) is 7.22. The fourth-order valence-corrected chi connectivity index (χ4v) is 2.32. The van der Waals surface area contributed by atoms with Crippen LogP contribution in [0.2, 0.25) is 5.02 Å². The molecule has 22 heavy (non-hydrogen) atoms. The molecule has 1 unspecified atom stereocenters. The van der Waals surface area contributed by atoms with E-state index in [0.29, 0.717) is 18.0 Å². The summed E-state index contributed by atoms with van der Waals surface area (Å²) >= 11 is 5.87. The number of carbonyl (C=O) groups excluding carboxylic acids is 1. The van der Waals surface area contributed by atoms with Gasteiger partial charge in [0.25, 0.3) is 0 Å². The lowest BCUT2D eigenvalue weighted by atomic mass is 10.1. The van der Waals surface area contributed by atoms with Crippen LogP contribution in [-0.2, 0) is 16.1 Å². The van der Waals surface area contributed by atoms with Crippen LogP contribution < -0.4 is 0 Å². The summed E-state index contributed by atoms with van der Waals surface area (Å²) in [4.78, 5) is 21.7. The summed E-state index contributed by atoms with van der Waals surface area (Å²) in [5.41, 5.74) is 2.67. The predicted octanol–water partition coefficient (Wildman–Crippen LogP) is 3.19. The third kappa shape index (κ3) is 4.18. The van der Waals surface area contributed by atoms with Crippen molar-refractivity contribution in [1.29, 1.82) is 0 Å². The molecule has 1 heterocycles. The van der Waals surface area contributed by atoms with Gasteiger partial charge in [-0.1, -0.05) is 23.7 Å². The molecule has 6 heteroatoms. The van der Waals surface area contributed by atoms with E-state index in [4.69, 9.17) is 16.7 Å². The Morgan fingerprint density at radius 3 is 2.68 bits per heavy atom. The van der Waals surface area contributed by atoms with Crippen LogP contribution in [0, 0.1) is 12.8 Å². The molecule has 0 saturated heterocycles. The fraction of sp³-hybridized carbons (Fsp3) is 0.312. The zero-order valence-corrected chi connectivity index (χ0v) is 13.0. The molecule has 0 amide bonds. The van der Waals surface area contributed by atoms with Crippen LogP contribution in [0.4, 0.5) is 0 Å². The van der Waals surface area contributed by atoms with Gasteiger partial charge in [0.1, 0.15) is 6.29 Å². The lowest BCUT2D eigenvalue weighted by Crippen LogP contribution is -2.15. The number of rotatable bonds is 7. The summed E-state index contributed by atoms with van der Waals surface area (Å²) in [6.07, 6.45) is 1.09. The molecule has 0 fully saturated rings. The highest BCUT2D eigenvalue weighted by Crippen LogP contribution is 2.22. The van der Waals surface area contributed by atoms with E-state index in [1.54, 1.807) is 16.8 Å². The second-order valence-electron chi connectivity index (χ2n) is 5.19. The Kier molecular flexibility index (Phi) is 5.33. The van der Waals surface area contributed by atoms with Gasteiger partial charge in [0.05, 0.1) is 12.2 Å². The lowest BCUT2D eigenvalue weighted by Gasteiger charge is -2.10. The number of aldehydes is 1. The van der Waals surface area contributed by atoms with E-state index in [1.165, 1.54) is 0 Å². The molecule has 5 nitrogen and oxygen atoms in total. The Labute approximate surface area is 133 Å². The number of benzene rings is 1. The maximum absolute atomic E-state index is 11.1. The Morgan fingerprint density at radius 1 is 1.41 bits per heavy atom. The summed E-state index contributed by atoms with van der Waals surface area (Å²) in [7, 11) is 0. The van der Waals surface area contributed by atoms with Gasteiger partial charge in [-0.15, -0.1) is 0 Å². The quantitative estimate of drug-likeness (QED) is 0.795. The molecule has 0 spiro atoms. The van der Waals surface area contributed by atoms with E-state index in [9.17, 15) is 9.59 Å². The Morgan fingerprint density at radius 2 is 2.09 bits per heavy atom. The SMILES string of the molecule is Cc1cc(-c2ccc(Cl)cc2)nn1CC(C=O)CCC(=O)O. The first-order valence-electron chi connectivity index (χ1n) is 6.97. The molecule has 2 aromatic rings. The summed E-state index contributed by atoms with van der Waals surface area (Å²) in [6, 6.07) is 9.30. The molecule has 0 radical (unpaired) electrons. The van der Waals surface area contributed by atoms with E-state index in [1.807, 2.05) is 25.1 Å².